The van der Waals surface area contributed by atoms with Crippen LogP contribution >= 0.6 is 0 Å². The van der Waals surface area contributed by atoms with Crippen molar-refractivity contribution < 1.29 is 14.3 Å². The zero-order valence-electron chi connectivity index (χ0n) is 8.68. The number of para-hydroxylation sites is 1. The summed E-state index contributed by atoms with van der Waals surface area (Å²) >= 11 is 0. The number of hydrogen-bond donors (Lipinski definition) is 1. The van der Waals surface area contributed by atoms with E-state index in [1.165, 1.54) is 0 Å². The van der Waals surface area contributed by atoms with Crippen LogP contribution in [-0.2, 0) is 9.53 Å². The average molecular weight is 209 g/mol. The summed E-state index contributed by atoms with van der Waals surface area (Å²) < 4.78 is 10.2. The van der Waals surface area contributed by atoms with Crippen LogP contribution in [-0.4, -0.2) is 25.2 Å². The van der Waals surface area contributed by atoms with Gasteiger partial charge >= 0.3 is 5.97 Å². The number of nitrogens with two attached hydrogens (primary N) is 1. The summed E-state index contributed by atoms with van der Waals surface area (Å²) in [5.41, 5.74) is 5.43. The van der Waals surface area contributed by atoms with Gasteiger partial charge in [-0.15, -0.1) is 0 Å². The van der Waals surface area contributed by atoms with Gasteiger partial charge in [-0.2, -0.15) is 0 Å². The highest BCUT2D eigenvalue weighted by molar-refractivity contribution is 5.75. The molecule has 0 aliphatic heterocycles. The smallest absolute Gasteiger partial charge is 0.348 e. The molecule has 0 amide bonds. The standard InChI is InChI=1S/C11H15NO3/c1-2-14-11(13)10(8-12)15-9-6-4-3-5-7-9/h3-7,10H,2,8,12H2,1H3/t10-/m1/s1. The fourth-order valence-electron chi connectivity index (χ4n) is 1.09. The number of carbonyl (C=O) groups excluding carboxylic acids is 1. The third-order valence-electron chi connectivity index (χ3n) is 1.79. The van der Waals surface area contributed by atoms with E-state index in [4.69, 9.17) is 15.2 Å². The van der Waals surface area contributed by atoms with E-state index in [1.807, 2.05) is 18.2 Å². The highest BCUT2D eigenvalue weighted by atomic mass is 16.6. The molecular weight excluding hydrogens is 194 g/mol. The molecule has 0 unspecified atom stereocenters. The Kier molecular flexibility index (Phi) is 4.63. The molecular formula is C11H15NO3. The normalized spacial score (nSPS) is 11.9. The van der Waals surface area contributed by atoms with Gasteiger partial charge in [-0.3, -0.25) is 0 Å². The topological polar surface area (TPSA) is 61.5 Å². The van der Waals surface area contributed by atoms with Gasteiger partial charge in [-0.1, -0.05) is 18.2 Å². The third-order valence-corrected chi connectivity index (χ3v) is 1.79. The van der Waals surface area contributed by atoms with Gasteiger partial charge in [0.05, 0.1) is 6.61 Å². The molecule has 1 aromatic carbocycles. The molecule has 0 bridgehead atoms. The lowest BCUT2D eigenvalue weighted by Crippen LogP contribution is -2.36. The lowest BCUT2D eigenvalue weighted by Gasteiger charge is -2.15. The minimum Gasteiger partial charge on any atom is -0.477 e. The van der Waals surface area contributed by atoms with Crippen molar-refractivity contribution in [2.75, 3.05) is 13.2 Å². The number of carbonyl (C=O) groups is 1. The van der Waals surface area contributed by atoms with Gasteiger partial charge < -0.3 is 15.2 Å². The fraction of sp³-hybridized carbons (Fsp3) is 0.364. The molecule has 2 N–H and O–H groups in total. The van der Waals surface area contributed by atoms with Crippen LogP contribution in [0.25, 0.3) is 0 Å². The third kappa shape index (κ3) is 3.59. The van der Waals surface area contributed by atoms with E-state index >= 15 is 0 Å². The summed E-state index contributed by atoms with van der Waals surface area (Å²) in [5, 5.41) is 0. The SMILES string of the molecule is CCOC(=O)[C@@H](CN)Oc1ccccc1. The van der Waals surface area contributed by atoms with Crippen LogP contribution < -0.4 is 10.5 Å². The van der Waals surface area contributed by atoms with E-state index in [2.05, 4.69) is 0 Å². The number of ether oxygens (including phenoxy) is 2. The molecule has 0 spiro atoms. The maximum absolute atomic E-state index is 11.4. The van der Waals surface area contributed by atoms with E-state index in [0.29, 0.717) is 12.4 Å². The minimum atomic E-state index is -0.729. The van der Waals surface area contributed by atoms with Gasteiger partial charge in [-0.05, 0) is 19.1 Å². The van der Waals surface area contributed by atoms with E-state index in [1.54, 1.807) is 19.1 Å². The van der Waals surface area contributed by atoms with Crippen molar-refractivity contribution >= 4 is 5.97 Å². The first kappa shape index (κ1) is 11.5. The van der Waals surface area contributed by atoms with Crippen LogP contribution in [0.4, 0.5) is 0 Å². The summed E-state index contributed by atoms with van der Waals surface area (Å²) in [5.74, 6) is 0.185. The Labute approximate surface area is 89.0 Å². The molecule has 1 atom stereocenters. The van der Waals surface area contributed by atoms with Crippen LogP contribution in [0.5, 0.6) is 5.75 Å². The summed E-state index contributed by atoms with van der Waals surface area (Å²) in [6.07, 6.45) is -0.729. The minimum absolute atomic E-state index is 0.105. The van der Waals surface area contributed by atoms with Crippen molar-refractivity contribution in [2.45, 2.75) is 13.0 Å². The van der Waals surface area contributed by atoms with E-state index < -0.39 is 12.1 Å². The Bertz CT molecular complexity index is 300. The van der Waals surface area contributed by atoms with Gasteiger partial charge in [0, 0.05) is 6.54 Å². The van der Waals surface area contributed by atoms with Crippen LogP contribution in [0.2, 0.25) is 0 Å². The second-order valence-corrected chi connectivity index (χ2v) is 2.91. The fourth-order valence-corrected chi connectivity index (χ4v) is 1.09. The van der Waals surface area contributed by atoms with Crippen molar-refractivity contribution in [1.82, 2.24) is 0 Å². The molecule has 0 aromatic heterocycles. The summed E-state index contributed by atoms with van der Waals surface area (Å²) in [6, 6.07) is 9.06. The quantitative estimate of drug-likeness (QED) is 0.733. The molecule has 4 nitrogen and oxygen atoms in total. The van der Waals surface area contributed by atoms with Gasteiger partial charge in [0.25, 0.3) is 0 Å². The second kappa shape index (κ2) is 6.03. The molecule has 4 heteroatoms. The monoisotopic (exact) mass is 209 g/mol. The molecule has 0 radical (unpaired) electrons. The Hall–Kier alpha value is -1.55. The molecule has 0 saturated heterocycles. The first-order valence-corrected chi connectivity index (χ1v) is 4.86. The molecule has 0 heterocycles. The van der Waals surface area contributed by atoms with Gasteiger partial charge in [0.15, 0.2) is 0 Å². The van der Waals surface area contributed by atoms with Crippen molar-refractivity contribution in [3.63, 3.8) is 0 Å². The highest BCUT2D eigenvalue weighted by Crippen LogP contribution is 2.11. The number of rotatable bonds is 5. The maximum atomic E-state index is 11.4. The van der Waals surface area contributed by atoms with Crippen LogP contribution in [0.1, 0.15) is 6.92 Å². The van der Waals surface area contributed by atoms with Gasteiger partial charge in [0.2, 0.25) is 6.10 Å². The van der Waals surface area contributed by atoms with E-state index in [-0.39, 0.29) is 6.54 Å². The predicted octanol–water partition coefficient (Wildman–Crippen LogP) is 0.956. The summed E-state index contributed by atoms with van der Waals surface area (Å²) in [4.78, 5) is 11.4. The van der Waals surface area contributed by atoms with Crippen LogP contribution in [0, 0.1) is 0 Å². The Balaban J connectivity index is 2.58. The molecule has 0 fully saturated rings. The zero-order chi connectivity index (χ0) is 11.1. The lowest BCUT2D eigenvalue weighted by atomic mass is 10.3. The van der Waals surface area contributed by atoms with Gasteiger partial charge in [0.1, 0.15) is 5.75 Å². The van der Waals surface area contributed by atoms with Crippen molar-refractivity contribution in [3.8, 4) is 5.75 Å². The highest BCUT2D eigenvalue weighted by Gasteiger charge is 2.19. The molecule has 15 heavy (non-hydrogen) atoms. The maximum Gasteiger partial charge on any atom is 0.348 e. The number of esters is 1. The Morgan fingerprint density at radius 3 is 2.60 bits per heavy atom. The zero-order valence-corrected chi connectivity index (χ0v) is 8.68. The lowest BCUT2D eigenvalue weighted by molar-refractivity contribution is -0.150. The van der Waals surface area contributed by atoms with E-state index in [9.17, 15) is 4.79 Å². The molecule has 82 valence electrons. The molecule has 1 rings (SSSR count). The second-order valence-electron chi connectivity index (χ2n) is 2.91. The first-order chi connectivity index (χ1) is 7.27. The predicted molar refractivity (Wildman–Crippen MR) is 56.5 cm³/mol. The van der Waals surface area contributed by atoms with E-state index in [0.717, 1.165) is 0 Å². The summed E-state index contributed by atoms with van der Waals surface area (Å²) in [7, 11) is 0. The van der Waals surface area contributed by atoms with Crippen molar-refractivity contribution in [3.05, 3.63) is 30.3 Å². The average Bonchev–Trinajstić information content (AvgIpc) is 2.27. The Morgan fingerprint density at radius 1 is 1.40 bits per heavy atom. The number of benzene rings is 1. The van der Waals surface area contributed by atoms with Gasteiger partial charge in [-0.25, -0.2) is 4.79 Å². The Morgan fingerprint density at radius 2 is 2.07 bits per heavy atom. The van der Waals surface area contributed by atoms with Crippen LogP contribution in [0.15, 0.2) is 30.3 Å². The molecule has 0 saturated carbocycles. The van der Waals surface area contributed by atoms with Crippen molar-refractivity contribution in [2.24, 2.45) is 5.73 Å². The summed E-state index contributed by atoms with van der Waals surface area (Å²) in [6.45, 7) is 2.18. The first-order valence-electron chi connectivity index (χ1n) is 4.86. The molecule has 1 aromatic rings. The van der Waals surface area contributed by atoms with Crippen LogP contribution in [0.3, 0.4) is 0 Å². The number of hydrogen-bond acceptors (Lipinski definition) is 4. The molecule has 0 aliphatic carbocycles. The largest absolute Gasteiger partial charge is 0.477 e. The van der Waals surface area contributed by atoms with Crippen molar-refractivity contribution in [1.29, 1.82) is 0 Å². The molecule has 0 aliphatic rings.